The highest BCUT2D eigenvalue weighted by molar-refractivity contribution is 9.10. The molecular weight excluding hydrogens is 1320 g/mol. The third-order valence-corrected chi connectivity index (χ3v) is 25.3. The molecule has 0 saturated carbocycles. The second kappa shape index (κ2) is 33.0. The Morgan fingerprint density at radius 1 is 0.260 bits per heavy atom. The van der Waals surface area contributed by atoms with Crippen LogP contribution in [0.1, 0.15) is 341 Å². The van der Waals surface area contributed by atoms with Gasteiger partial charge in [0.1, 0.15) is 0 Å². The number of benzene rings is 4. The summed E-state index contributed by atoms with van der Waals surface area (Å²) >= 11 is 7.57. The molecule has 14 heteroatoms. The first-order valence-corrected chi connectivity index (χ1v) is 40.1. The zero-order chi connectivity index (χ0) is 70.2. The molecule has 4 aromatic carbocycles. The molecule has 530 valence electrons. The molecule has 0 amide bonds. The quantitative estimate of drug-likeness (QED) is 0.0365. The van der Waals surface area contributed by atoms with Crippen molar-refractivity contribution in [2.75, 3.05) is 0 Å². The van der Waals surface area contributed by atoms with Gasteiger partial charge in [-0.1, -0.05) is 262 Å². The number of hydrogen-bond donors (Lipinski definition) is 0. The largest absolute Gasteiger partial charge is 0.494 e. The van der Waals surface area contributed by atoms with Crippen LogP contribution < -0.4 is 10.9 Å². The van der Waals surface area contributed by atoms with Gasteiger partial charge < -0.3 is 37.2 Å². The van der Waals surface area contributed by atoms with Crippen molar-refractivity contribution in [1.29, 1.82) is 0 Å². The molecule has 0 atom stereocenters. The molecule has 8 nitrogen and oxygen atoms in total. The van der Waals surface area contributed by atoms with Crippen LogP contribution >= 0.6 is 31.9 Å². The molecule has 0 unspecified atom stereocenters. The molecule has 2 aliphatic carbocycles. The molecule has 4 heterocycles. The van der Waals surface area contributed by atoms with Crippen LogP contribution in [0.3, 0.4) is 0 Å². The van der Waals surface area contributed by atoms with Crippen LogP contribution in [0.4, 0.5) is 0 Å². The summed E-state index contributed by atoms with van der Waals surface area (Å²) in [5.41, 5.74) is 11.2. The first-order chi connectivity index (χ1) is 45.2. The fourth-order valence-electron chi connectivity index (χ4n) is 15.4. The Bertz CT molecular complexity index is 2880. The van der Waals surface area contributed by atoms with E-state index < -0.39 is 14.0 Å². The van der Waals surface area contributed by atoms with Gasteiger partial charge in [0.15, 0.2) is 0 Å². The minimum atomic E-state index is -0.476. The fourth-order valence-corrected chi connectivity index (χ4v) is 16.1. The lowest BCUT2D eigenvalue weighted by atomic mass is 9.49. The van der Waals surface area contributed by atoms with Crippen LogP contribution in [0.15, 0.2) is 81.7 Å². The first-order valence-electron chi connectivity index (χ1n) is 38.5. The highest BCUT2D eigenvalue weighted by atomic mass is 79.9. The molecule has 0 radical (unpaired) electrons. The van der Waals surface area contributed by atoms with Crippen LogP contribution in [-0.4, -0.2) is 73.1 Å². The normalized spacial score (nSPS) is 20.9. The maximum Gasteiger partial charge on any atom is 0.494 e. The topological polar surface area (TPSA) is 73.8 Å². The van der Waals surface area contributed by atoms with E-state index in [2.05, 4.69) is 188 Å². The van der Waals surface area contributed by atoms with E-state index in [1.807, 2.05) is 55.4 Å². The van der Waals surface area contributed by atoms with Crippen LogP contribution in [0.2, 0.25) is 0 Å². The predicted octanol–water partition coefficient (Wildman–Crippen LogP) is 23.3. The average molecular weight is 1440 g/mol. The Balaban J connectivity index is 0.000000205. The second-order valence-corrected chi connectivity index (χ2v) is 35.5. The van der Waals surface area contributed by atoms with Crippen LogP contribution in [-0.2, 0) is 48.1 Å². The third-order valence-electron chi connectivity index (χ3n) is 24.3. The van der Waals surface area contributed by atoms with Gasteiger partial charge in [-0.05, 0) is 216 Å². The van der Waals surface area contributed by atoms with Gasteiger partial charge in [-0.3, -0.25) is 0 Å². The summed E-state index contributed by atoms with van der Waals surface area (Å²) in [6, 6.07) is 28.1. The van der Waals surface area contributed by atoms with E-state index in [9.17, 15) is 0 Å². The summed E-state index contributed by atoms with van der Waals surface area (Å²) in [4.78, 5) is 0. The Hall–Kier alpha value is -2.22. The zero-order valence-corrected chi connectivity index (χ0v) is 67.2. The third kappa shape index (κ3) is 17.9. The number of rotatable bonds is 31. The summed E-state index contributed by atoms with van der Waals surface area (Å²) in [5, 5.41) is 0. The molecule has 0 N–H and O–H groups in total. The number of unbranched alkanes of at least 4 members (excludes halogenated alkanes) is 20. The van der Waals surface area contributed by atoms with Gasteiger partial charge in [0.25, 0.3) is 0 Å². The molecular formula is C82H128B4Br2O8. The Kier molecular flexibility index (Phi) is 27.4. The lowest BCUT2D eigenvalue weighted by Gasteiger charge is -2.33. The second-order valence-electron chi connectivity index (χ2n) is 33.7. The van der Waals surface area contributed by atoms with Crippen molar-refractivity contribution in [3.8, 4) is 22.3 Å². The molecule has 6 aliphatic rings. The van der Waals surface area contributed by atoms with Crippen molar-refractivity contribution in [2.45, 2.75) is 374 Å². The maximum atomic E-state index is 6.60. The van der Waals surface area contributed by atoms with Crippen LogP contribution in [0.5, 0.6) is 0 Å². The van der Waals surface area contributed by atoms with Crippen LogP contribution in [0.25, 0.3) is 22.3 Å². The summed E-state index contributed by atoms with van der Waals surface area (Å²) in [6.07, 6.45) is 36.9. The maximum absolute atomic E-state index is 6.60. The van der Waals surface area contributed by atoms with E-state index in [-0.39, 0.29) is 69.9 Å². The summed E-state index contributed by atoms with van der Waals surface area (Å²) in [6.45, 7) is 42.6. The van der Waals surface area contributed by atoms with E-state index in [0.29, 0.717) is 0 Å². The van der Waals surface area contributed by atoms with Crippen molar-refractivity contribution in [3.63, 3.8) is 0 Å². The molecule has 4 fully saturated rings. The molecule has 4 aliphatic heterocycles. The smallest absolute Gasteiger partial charge is 0.405 e. The standard InChI is InChI=1S/C41H64B2O4.C29H40Br2.C12H24B2O4/c1-11-13-15-17-19-21-27-41(28-22-20-18-16-14-12-2)35-29-31(42-44-37(3,4)38(5,6)45-42)23-25-33(35)34-26-24-32(30-36(34)41)43-46-39(7,8)40(9,10)47-43;1-3-5-7-9-11-13-19-29(20-14-12-10-8-6-4-2)27-21-23(30)15-17-25(27)26-18-16-24(31)22-28(26)29;1-9(2)10(3,4)16-13(15-9)14-17-11(5,6)12(7,8)18-14/h23-26,29-30H,11-22,27-28H2,1-10H3;15-18,21-22H,3-14,19-20H2,1-2H3;1-8H3. The van der Waals surface area contributed by atoms with Crippen LogP contribution in [0, 0.1) is 0 Å². The Labute approximate surface area is 604 Å². The molecule has 10 rings (SSSR count). The monoisotopic (exact) mass is 1440 g/mol. The van der Waals surface area contributed by atoms with Gasteiger partial charge >= 0.3 is 28.3 Å². The SMILES string of the molecule is CC1(C)OB(B2OC(C)(C)C(C)(C)O2)OC1(C)C.CCCCCCCCC1(CCCCCCCC)c2cc(B3OC(C)(C)C(C)(C)O3)ccc2-c2ccc(B3OC(C)(C)C(C)(C)O3)cc21.CCCCCCCCC1(CCCCCCCC)c2cc(Br)ccc2-c2ccc(Br)cc21. The first kappa shape index (κ1) is 79.5. The molecule has 0 bridgehead atoms. The van der Waals surface area contributed by atoms with Gasteiger partial charge in [-0.15, -0.1) is 0 Å². The van der Waals surface area contributed by atoms with E-state index in [1.165, 1.54) is 209 Å². The minimum Gasteiger partial charge on any atom is -0.405 e. The number of halogens is 2. The Morgan fingerprint density at radius 3 is 0.719 bits per heavy atom. The zero-order valence-electron chi connectivity index (χ0n) is 64.1. The van der Waals surface area contributed by atoms with E-state index >= 15 is 0 Å². The van der Waals surface area contributed by atoms with Crippen molar-refractivity contribution in [2.24, 2.45) is 0 Å². The van der Waals surface area contributed by atoms with Crippen molar-refractivity contribution in [1.82, 2.24) is 0 Å². The van der Waals surface area contributed by atoms with Crippen molar-refractivity contribution in [3.05, 3.63) is 104 Å². The van der Waals surface area contributed by atoms with Crippen molar-refractivity contribution < 1.29 is 37.2 Å². The molecule has 96 heavy (non-hydrogen) atoms. The summed E-state index contributed by atoms with van der Waals surface area (Å²) < 4.78 is 52.7. The highest BCUT2D eigenvalue weighted by Gasteiger charge is 2.64. The number of hydrogen-bond acceptors (Lipinski definition) is 8. The van der Waals surface area contributed by atoms with Gasteiger partial charge in [0.05, 0.1) is 44.8 Å². The van der Waals surface area contributed by atoms with Gasteiger partial charge in [-0.2, -0.15) is 0 Å². The predicted molar refractivity (Wildman–Crippen MR) is 416 cm³/mol. The molecule has 0 aromatic heterocycles. The van der Waals surface area contributed by atoms with Gasteiger partial charge in [0, 0.05) is 19.8 Å². The molecule has 4 aromatic rings. The molecule has 0 spiro atoms. The fraction of sp³-hybridized carbons (Fsp3) is 0.707. The summed E-state index contributed by atoms with van der Waals surface area (Å²) in [7, 11) is -1.68. The van der Waals surface area contributed by atoms with Gasteiger partial charge in [0.2, 0.25) is 0 Å². The number of fused-ring (bicyclic) bond motifs is 6. The average Bonchev–Trinajstić information content (AvgIpc) is 1.58. The highest BCUT2D eigenvalue weighted by Crippen LogP contribution is 2.57. The Morgan fingerprint density at radius 2 is 0.469 bits per heavy atom. The van der Waals surface area contributed by atoms with E-state index in [1.54, 1.807) is 11.1 Å². The van der Waals surface area contributed by atoms with Gasteiger partial charge in [-0.25, -0.2) is 0 Å². The molecule has 4 saturated heterocycles. The van der Waals surface area contributed by atoms with E-state index in [0.717, 1.165) is 23.8 Å². The minimum absolute atomic E-state index is 0.0561. The summed E-state index contributed by atoms with van der Waals surface area (Å²) in [5.74, 6) is 0. The van der Waals surface area contributed by atoms with Crippen molar-refractivity contribution >= 4 is 71.0 Å². The van der Waals surface area contributed by atoms with E-state index in [4.69, 9.17) is 37.2 Å². The lowest BCUT2D eigenvalue weighted by molar-refractivity contribution is 0.00578. The lowest BCUT2D eigenvalue weighted by Crippen LogP contribution is -2.41.